The molecule has 4 rings (SSSR count). The molecule has 0 fully saturated rings. The molecule has 2 heterocycles. The summed E-state index contributed by atoms with van der Waals surface area (Å²) in [5, 5.41) is 0.546. The highest BCUT2D eigenvalue weighted by molar-refractivity contribution is 7.22. The predicted octanol–water partition coefficient (Wildman–Crippen LogP) is 5.34. The molecule has 0 radical (unpaired) electrons. The van der Waals surface area contributed by atoms with Crippen LogP contribution in [0.2, 0.25) is 0 Å². The summed E-state index contributed by atoms with van der Waals surface area (Å²) in [6, 6.07) is 14.6. The highest BCUT2D eigenvalue weighted by Gasteiger charge is 2.24. The van der Waals surface area contributed by atoms with E-state index >= 15 is 0 Å². The standard InChI is InChI=1S/C25H25N3O4S/c1-16(2)32-19-9-7-18(8-10-19)24(29)28(15-17-6-5-13-26-14-17)25-27-22-20(30-3)11-12-21(31-4)23(22)33-25/h5-14,16H,15H2,1-4H3. The van der Waals surface area contributed by atoms with Crippen LogP contribution in [-0.2, 0) is 6.54 Å². The molecule has 0 saturated heterocycles. The summed E-state index contributed by atoms with van der Waals surface area (Å²) in [7, 11) is 3.21. The summed E-state index contributed by atoms with van der Waals surface area (Å²) in [5.41, 5.74) is 2.08. The number of carbonyl (C=O) groups is 1. The van der Waals surface area contributed by atoms with Gasteiger partial charge in [0.15, 0.2) is 5.13 Å². The van der Waals surface area contributed by atoms with Gasteiger partial charge >= 0.3 is 0 Å². The third kappa shape index (κ3) is 4.90. The number of benzene rings is 2. The monoisotopic (exact) mass is 463 g/mol. The first-order valence-corrected chi connectivity index (χ1v) is 11.3. The fraction of sp³-hybridized carbons (Fsp3) is 0.240. The Labute approximate surface area is 196 Å². The van der Waals surface area contributed by atoms with E-state index in [0.29, 0.717) is 34.3 Å². The Hall–Kier alpha value is -3.65. The first kappa shape index (κ1) is 22.5. The first-order chi connectivity index (χ1) is 16.0. The summed E-state index contributed by atoms with van der Waals surface area (Å²) in [6.45, 7) is 4.25. The van der Waals surface area contributed by atoms with Crippen LogP contribution in [0.5, 0.6) is 17.2 Å². The third-order valence-corrected chi connectivity index (χ3v) is 6.00. The molecule has 170 valence electrons. The number of methoxy groups -OCH3 is 2. The normalized spacial score (nSPS) is 10.9. The Morgan fingerprint density at radius 3 is 2.39 bits per heavy atom. The third-order valence-electron chi connectivity index (χ3n) is 4.91. The van der Waals surface area contributed by atoms with Gasteiger partial charge in [0.2, 0.25) is 0 Å². The van der Waals surface area contributed by atoms with E-state index in [0.717, 1.165) is 16.0 Å². The van der Waals surface area contributed by atoms with Crippen molar-refractivity contribution in [2.45, 2.75) is 26.5 Å². The Kier molecular flexibility index (Phi) is 6.74. The molecule has 7 nitrogen and oxygen atoms in total. The molecule has 0 aliphatic carbocycles. The summed E-state index contributed by atoms with van der Waals surface area (Å²) in [4.78, 5) is 24.2. The molecule has 4 aromatic rings. The highest BCUT2D eigenvalue weighted by atomic mass is 32.1. The molecule has 0 spiro atoms. The van der Waals surface area contributed by atoms with Gasteiger partial charge in [-0.15, -0.1) is 0 Å². The van der Waals surface area contributed by atoms with Crippen molar-refractivity contribution in [1.29, 1.82) is 0 Å². The average molecular weight is 464 g/mol. The van der Waals surface area contributed by atoms with Crippen LogP contribution in [0.15, 0.2) is 60.9 Å². The molecule has 0 aliphatic rings. The number of anilines is 1. The number of hydrogen-bond donors (Lipinski definition) is 0. The van der Waals surface area contributed by atoms with Crippen LogP contribution in [0, 0.1) is 0 Å². The Morgan fingerprint density at radius 1 is 1.03 bits per heavy atom. The topological polar surface area (TPSA) is 73.8 Å². The fourth-order valence-electron chi connectivity index (χ4n) is 3.39. The minimum Gasteiger partial charge on any atom is -0.495 e. The van der Waals surface area contributed by atoms with Crippen LogP contribution in [0.3, 0.4) is 0 Å². The van der Waals surface area contributed by atoms with Crippen molar-refractivity contribution >= 4 is 32.6 Å². The molecule has 0 N–H and O–H groups in total. The van der Waals surface area contributed by atoms with E-state index in [-0.39, 0.29) is 12.0 Å². The van der Waals surface area contributed by atoms with Crippen molar-refractivity contribution in [3.8, 4) is 17.2 Å². The number of ether oxygens (including phenoxy) is 3. The lowest BCUT2D eigenvalue weighted by atomic mass is 10.1. The quantitative estimate of drug-likeness (QED) is 0.351. The van der Waals surface area contributed by atoms with Crippen LogP contribution in [-0.4, -0.2) is 36.2 Å². The molecule has 0 saturated carbocycles. The number of rotatable bonds is 8. The Bertz CT molecular complexity index is 1200. The number of fused-ring (bicyclic) bond motifs is 1. The van der Waals surface area contributed by atoms with E-state index in [4.69, 9.17) is 19.2 Å². The zero-order chi connectivity index (χ0) is 23.4. The van der Waals surface area contributed by atoms with E-state index in [1.165, 1.54) is 11.3 Å². The van der Waals surface area contributed by atoms with Crippen molar-refractivity contribution in [1.82, 2.24) is 9.97 Å². The first-order valence-electron chi connectivity index (χ1n) is 10.5. The molecule has 0 bridgehead atoms. The number of pyridine rings is 1. The Balaban J connectivity index is 1.76. The van der Waals surface area contributed by atoms with Crippen LogP contribution in [0.25, 0.3) is 10.2 Å². The molecule has 8 heteroatoms. The van der Waals surface area contributed by atoms with Gasteiger partial charge in [0.1, 0.15) is 27.5 Å². The largest absolute Gasteiger partial charge is 0.495 e. The molecule has 33 heavy (non-hydrogen) atoms. The van der Waals surface area contributed by atoms with Gasteiger partial charge < -0.3 is 14.2 Å². The van der Waals surface area contributed by atoms with Crippen LogP contribution >= 0.6 is 11.3 Å². The second-order valence-electron chi connectivity index (χ2n) is 7.59. The molecule has 0 aliphatic heterocycles. The molecular weight excluding hydrogens is 438 g/mol. The lowest BCUT2D eigenvalue weighted by molar-refractivity contribution is 0.0985. The van der Waals surface area contributed by atoms with E-state index in [1.807, 2.05) is 38.1 Å². The maximum Gasteiger partial charge on any atom is 0.260 e. The second kappa shape index (κ2) is 9.87. The zero-order valence-electron chi connectivity index (χ0n) is 18.9. The van der Waals surface area contributed by atoms with Crippen LogP contribution in [0.4, 0.5) is 5.13 Å². The van der Waals surface area contributed by atoms with Gasteiger partial charge in [-0.3, -0.25) is 14.7 Å². The molecule has 0 unspecified atom stereocenters. The van der Waals surface area contributed by atoms with E-state index in [1.54, 1.807) is 55.8 Å². The van der Waals surface area contributed by atoms with Gasteiger partial charge in [-0.25, -0.2) is 4.98 Å². The summed E-state index contributed by atoms with van der Waals surface area (Å²) < 4.78 is 17.5. The van der Waals surface area contributed by atoms with Gasteiger partial charge in [0, 0.05) is 18.0 Å². The van der Waals surface area contributed by atoms with E-state index in [2.05, 4.69) is 4.98 Å². The van der Waals surface area contributed by atoms with Gasteiger partial charge in [-0.05, 0) is 61.9 Å². The summed E-state index contributed by atoms with van der Waals surface area (Å²) in [5.74, 6) is 1.84. The minimum atomic E-state index is -0.174. The number of hydrogen-bond acceptors (Lipinski definition) is 7. The van der Waals surface area contributed by atoms with Crippen molar-refractivity contribution in [3.63, 3.8) is 0 Å². The second-order valence-corrected chi connectivity index (χ2v) is 8.57. The molecule has 2 aromatic carbocycles. The number of amides is 1. The predicted molar refractivity (Wildman–Crippen MR) is 130 cm³/mol. The summed E-state index contributed by atoms with van der Waals surface area (Å²) in [6.07, 6.45) is 3.51. The smallest absolute Gasteiger partial charge is 0.260 e. The van der Waals surface area contributed by atoms with E-state index in [9.17, 15) is 4.79 Å². The average Bonchev–Trinajstić information content (AvgIpc) is 3.27. The number of carbonyl (C=O) groups excluding carboxylic acids is 1. The van der Waals surface area contributed by atoms with Gasteiger partial charge in [-0.1, -0.05) is 17.4 Å². The minimum absolute atomic E-state index is 0.0568. The number of aromatic nitrogens is 2. The SMILES string of the molecule is COc1ccc(OC)c2sc(N(Cc3cccnc3)C(=O)c3ccc(OC(C)C)cc3)nc12. The maximum atomic E-state index is 13.6. The van der Waals surface area contributed by atoms with Crippen LogP contribution in [0.1, 0.15) is 29.8 Å². The maximum absolute atomic E-state index is 13.6. The van der Waals surface area contributed by atoms with Crippen LogP contribution < -0.4 is 19.1 Å². The van der Waals surface area contributed by atoms with Crippen molar-refractivity contribution in [3.05, 3.63) is 72.1 Å². The van der Waals surface area contributed by atoms with Gasteiger partial charge in [0.05, 0.1) is 26.9 Å². The molecule has 1 amide bonds. The van der Waals surface area contributed by atoms with Crippen molar-refractivity contribution < 1.29 is 19.0 Å². The zero-order valence-corrected chi connectivity index (χ0v) is 19.8. The van der Waals surface area contributed by atoms with E-state index < -0.39 is 0 Å². The summed E-state index contributed by atoms with van der Waals surface area (Å²) >= 11 is 1.38. The highest BCUT2D eigenvalue weighted by Crippen LogP contribution is 2.40. The molecule has 0 atom stereocenters. The van der Waals surface area contributed by atoms with Crippen molar-refractivity contribution in [2.75, 3.05) is 19.1 Å². The van der Waals surface area contributed by atoms with Gasteiger partial charge in [-0.2, -0.15) is 0 Å². The Morgan fingerprint density at radius 2 is 1.76 bits per heavy atom. The lowest BCUT2D eigenvalue weighted by Crippen LogP contribution is -2.30. The molecular formula is C25H25N3O4S. The molecule has 2 aromatic heterocycles. The lowest BCUT2D eigenvalue weighted by Gasteiger charge is -2.20. The fourth-order valence-corrected chi connectivity index (χ4v) is 4.47. The number of thiazole rings is 1. The number of nitrogens with zero attached hydrogens (tertiary/aromatic N) is 3. The van der Waals surface area contributed by atoms with Gasteiger partial charge in [0.25, 0.3) is 5.91 Å². The van der Waals surface area contributed by atoms with Crippen molar-refractivity contribution in [2.24, 2.45) is 0 Å².